The Bertz CT molecular complexity index is 922. The second kappa shape index (κ2) is 7.14. The van der Waals surface area contributed by atoms with Crippen molar-refractivity contribution in [2.45, 2.75) is 0 Å². The van der Waals surface area contributed by atoms with E-state index in [1.54, 1.807) is 42.5 Å². The van der Waals surface area contributed by atoms with Crippen LogP contribution in [0.4, 0.5) is 5.69 Å². The number of methoxy groups -OCH3 is 1. The van der Waals surface area contributed by atoms with Gasteiger partial charge in [0.1, 0.15) is 0 Å². The van der Waals surface area contributed by atoms with Gasteiger partial charge in [-0.2, -0.15) is 0 Å². The Hall–Kier alpha value is -3.19. The lowest BCUT2D eigenvalue weighted by Gasteiger charge is -2.04. The number of carbonyl (C=O) groups excluding carboxylic acids is 2. The Morgan fingerprint density at radius 2 is 1.88 bits per heavy atom. The number of nitrogens with one attached hydrogen (secondary N) is 1. The minimum atomic E-state index is -0.588. The van der Waals surface area contributed by atoms with Gasteiger partial charge in [-0.1, -0.05) is 17.7 Å². The molecule has 126 valence electrons. The van der Waals surface area contributed by atoms with Gasteiger partial charge in [0.05, 0.1) is 12.7 Å². The molecule has 1 amide bonds. The molecule has 1 N–H and O–H groups in total. The molecule has 0 saturated heterocycles. The van der Waals surface area contributed by atoms with Gasteiger partial charge in [-0.25, -0.2) is 4.79 Å². The van der Waals surface area contributed by atoms with Crippen LogP contribution in [-0.4, -0.2) is 29.2 Å². The standard InChI is InChI=1S/C17H12ClN3O4/c1-24-17(23)11-3-2-4-13(9-11)19-14(22)16-21-20-15(25-16)10-5-7-12(18)8-6-10/h2-9H,1H3,(H,19,22). The molecule has 0 unspecified atom stereocenters. The van der Waals surface area contributed by atoms with Crippen molar-refractivity contribution >= 4 is 29.2 Å². The summed E-state index contributed by atoms with van der Waals surface area (Å²) in [7, 11) is 1.28. The lowest BCUT2D eigenvalue weighted by Crippen LogP contribution is -2.13. The molecule has 0 fully saturated rings. The summed E-state index contributed by atoms with van der Waals surface area (Å²) in [4.78, 5) is 23.7. The number of esters is 1. The first-order valence-corrected chi connectivity index (χ1v) is 7.54. The van der Waals surface area contributed by atoms with E-state index in [0.29, 0.717) is 21.8 Å². The molecule has 0 aliphatic rings. The molecule has 0 aliphatic carbocycles. The highest BCUT2D eigenvalue weighted by molar-refractivity contribution is 6.30. The van der Waals surface area contributed by atoms with E-state index >= 15 is 0 Å². The number of rotatable bonds is 4. The van der Waals surface area contributed by atoms with Crippen LogP contribution in [0.5, 0.6) is 0 Å². The molecule has 2 aromatic carbocycles. The second-order valence-electron chi connectivity index (χ2n) is 4.95. The smallest absolute Gasteiger partial charge is 0.337 e. The van der Waals surface area contributed by atoms with E-state index in [9.17, 15) is 9.59 Å². The number of carbonyl (C=O) groups is 2. The molecule has 0 atom stereocenters. The van der Waals surface area contributed by atoms with Crippen molar-refractivity contribution < 1.29 is 18.7 Å². The molecule has 25 heavy (non-hydrogen) atoms. The molecule has 0 aliphatic heterocycles. The van der Waals surface area contributed by atoms with Crippen molar-refractivity contribution in [2.24, 2.45) is 0 Å². The molecule has 0 saturated carbocycles. The number of hydrogen-bond donors (Lipinski definition) is 1. The quantitative estimate of drug-likeness (QED) is 0.719. The van der Waals surface area contributed by atoms with E-state index in [1.807, 2.05) is 0 Å². The minimum absolute atomic E-state index is 0.199. The summed E-state index contributed by atoms with van der Waals surface area (Å²) in [5.74, 6) is -1.09. The van der Waals surface area contributed by atoms with Crippen LogP contribution in [0.2, 0.25) is 5.02 Å². The fourth-order valence-corrected chi connectivity index (χ4v) is 2.18. The Morgan fingerprint density at radius 3 is 2.60 bits per heavy atom. The Labute approximate surface area is 147 Å². The van der Waals surface area contributed by atoms with E-state index in [-0.39, 0.29) is 11.8 Å². The van der Waals surface area contributed by atoms with Gasteiger partial charge in [-0.3, -0.25) is 4.79 Å². The topological polar surface area (TPSA) is 94.3 Å². The van der Waals surface area contributed by atoms with Crippen LogP contribution in [0.15, 0.2) is 52.9 Å². The normalized spacial score (nSPS) is 10.3. The first-order valence-electron chi connectivity index (χ1n) is 7.16. The summed E-state index contributed by atoms with van der Waals surface area (Å²) in [5, 5.41) is 10.7. The third kappa shape index (κ3) is 3.84. The summed E-state index contributed by atoms with van der Waals surface area (Å²) in [5.41, 5.74) is 1.36. The zero-order chi connectivity index (χ0) is 17.8. The molecule has 8 heteroatoms. The largest absolute Gasteiger partial charge is 0.465 e. The third-order valence-corrected chi connectivity index (χ3v) is 3.50. The lowest BCUT2D eigenvalue weighted by atomic mass is 10.2. The number of ether oxygens (including phenoxy) is 1. The van der Waals surface area contributed by atoms with Crippen molar-refractivity contribution in [1.82, 2.24) is 10.2 Å². The van der Waals surface area contributed by atoms with E-state index < -0.39 is 11.9 Å². The maximum absolute atomic E-state index is 12.2. The number of halogens is 1. The second-order valence-corrected chi connectivity index (χ2v) is 5.38. The van der Waals surface area contributed by atoms with E-state index in [2.05, 4.69) is 20.3 Å². The SMILES string of the molecule is COC(=O)c1cccc(NC(=O)c2nnc(-c3ccc(Cl)cc3)o2)c1. The first-order chi connectivity index (χ1) is 12.1. The number of nitrogens with zero attached hydrogens (tertiary/aromatic N) is 2. The summed E-state index contributed by atoms with van der Waals surface area (Å²) in [6.07, 6.45) is 0. The Balaban J connectivity index is 1.76. The van der Waals surface area contributed by atoms with Crippen LogP contribution < -0.4 is 5.32 Å². The summed E-state index contributed by atoms with van der Waals surface area (Å²) in [6.45, 7) is 0. The molecule has 0 bridgehead atoms. The van der Waals surface area contributed by atoms with Crippen molar-refractivity contribution in [3.63, 3.8) is 0 Å². The van der Waals surface area contributed by atoms with Crippen molar-refractivity contribution in [1.29, 1.82) is 0 Å². The van der Waals surface area contributed by atoms with Gasteiger partial charge in [0, 0.05) is 16.3 Å². The molecular formula is C17H12ClN3O4. The van der Waals surface area contributed by atoms with Gasteiger partial charge in [-0.05, 0) is 42.5 Å². The molecule has 7 nitrogen and oxygen atoms in total. The fraction of sp³-hybridized carbons (Fsp3) is 0.0588. The fourth-order valence-electron chi connectivity index (χ4n) is 2.05. The molecule has 1 aromatic heterocycles. The molecule has 0 spiro atoms. The average molecular weight is 358 g/mol. The molecule has 0 radical (unpaired) electrons. The Kier molecular flexibility index (Phi) is 4.76. The summed E-state index contributed by atoms with van der Waals surface area (Å²) >= 11 is 5.83. The zero-order valence-corrected chi connectivity index (χ0v) is 13.8. The van der Waals surface area contributed by atoms with Crippen molar-refractivity contribution in [3.8, 4) is 11.5 Å². The predicted octanol–water partition coefficient (Wildman–Crippen LogP) is 3.43. The van der Waals surface area contributed by atoms with Gasteiger partial charge in [0.2, 0.25) is 5.89 Å². The van der Waals surface area contributed by atoms with Crippen molar-refractivity contribution in [3.05, 3.63) is 65.0 Å². The highest BCUT2D eigenvalue weighted by Crippen LogP contribution is 2.20. The highest BCUT2D eigenvalue weighted by Gasteiger charge is 2.17. The number of anilines is 1. The van der Waals surface area contributed by atoms with Crippen LogP contribution in [-0.2, 0) is 4.74 Å². The van der Waals surface area contributed by atoms with Crippen LogP contribution in [0.25, 0.3) is 11.5 Å². The van der Waals surface area contributed by atoms with E-state index in [1.165, 1.54) is 13.2 Å². The maximum atomic E-state index is 12.2. The van der Waals surface area contributed by atoms with Gasteiger partial charge in [0.25, 0.3) is 0 Å². The molecular weight excluding hydrogens is 346 g/mol. The zero-order valence-electron chi connectivity index (χ0n) is 13.0. The van der Waals surface area contributed by atoms with Crippen LogP contribution in [0.3, 0.4) is 0 Å². The first kappa shape index (κ1) is 16.7. The average Bonchev–Trinajstić information content (AvgIpc) is 3.12. The number of benzene rings is 2. The monoisotopic (exact) mass is 357 g/mol. The van der Waals surface area contributed by atoms with Crippen LogP contribution in [0.1, 0.15) is 21.0 Å². The van der Waals surface area contributed by atoms with Gasteiger partial charge >= 0.3 is 17.8 Å². The maximum Gasteiger partial charge on any atom is 0.337 e. The van der Waals surface area contributed by atoms with E-state index in [0.717, 1.165) is 0 Å². The van der Waals surface area contributed by atoms with Crippen LogP contribution >= 0.6 is 11.6 Å². The van der Waals surface area contributed by atoms with Gasteiger partial charge in [0.15, 0.2) is 0 Å². The summed E-state index contributed by atoms with van der Waals surface area (Å²) < 4.78 is 10.0. The summed E-state index contributed by atoms with van der Waals surface area (Å²) in [6, 6.07) is 13.1. The minimum Gasteiger partial charge on any atom is -0.465 e. The van der Waals surface area contributed by atoms with Crippen LogP contribution in [0, 0.1) is 0 Å². The lowest BCUT2D eigenvalue weighted by molar-refractivity contribution is 0.0600. The molecule has 3 aromatic rings. The van der Waals surface area contributed by atoms with Gasteiger partial charge in [-0.15, -0.1) is 10.2 Å². The van der Waals surface area contributed by atoms with Crippen molar-refractivity contribution in [2.75, 3.05) is 12.4 Å². The number of aromatic nitrogens is 2. The van der Waals surface area contributed by atoms with E-state index in [4.69, 9.17) is 16.0 Å². The molecule has 1 heterocycles. The number of hydrogen-bond acceptors (Lipinski definition) is 6. The third-order valence-electron chi connectivity index (χ3n) is 3.25. The Morgan fingerprint density at radius 1 is 1.12 bits per heavy atom. The van der Waals surface area contributed by atoms with Gasteiger partial charge < -0.3 is 14.5 Å². The number of amides is 1. The predicted molar refractivity (Wildman–Crippen MR) is 90.5 cm³/mol. The molecule has 3 rings (SSSR count). The highest BCUT2D eigenvalue weighted by atomic mass is 35.5.